The molecule has 0 amide bonds. The highest BCUT2D eigenvalue weighted by Gasteiger charge is 2.08. The Morgan fingerprint density at radius 2 is 2.00 bits per heavy atom. The van der Waals surface area contributed by atoms with E-state index < -0.39 is 0 Å². The van der Waals surface area contributed by atoms with Crippen LogP contribution in [0.5, 0.6) is 0 Å². The van der Waals surface area contributed by atoms with E-state index in [-0.39, 0.29) is 0 Å². The number of aryl methyl sites for hydroxylation is 2. The molecule has 1 aliphatic heterocycles. The minimum Gasteiger partial charge on any atom is -0.337 e. The van der Waals surface area contributed by atoms with Crippen LogP contribution < -0.4 is 0 Å². The third-order valence-corrected chi connectivity index (χ3v) is 3.10. The molecular formula is C12H21N3. The van der Waals surface area contributed by atoms with Gasteiger partial charge in [0.15, 0.2) is 0 Å². The molecule has 3 nitrogen and oxygen atoms in total. The molecule has 2 rings (SSSR count). The van der Waals surface area contributed by atoms with Crippen LogP contribution in [0.1, 0.15) is 31.4 Å². The highest BCUT2D eigenvalue weighted by Crippen LogP contribution is 2.09. The predicted octanol–water partition coefficient (Wildman–Crippen LogP) is 2.07. The molecule has 1 aromatic rings. The van der Waals surface area contributed by atoms with E-state index in [2.05, 4.69) is 20.6 Å². The fourth-order valence-electron chi connectivity index (χ4n) is 2.25. The second-order valence-electron chi connectivity index (χ2n) is 4.51. The fourth-order valence-corrected chi connectivity index (χ4v) is 2.25. The molecule has 2 heterocycles. The number of likely N-dealkylation sites (tertiary alicyclic amines) is 1. The van der Waals surface area contributed by atoms with Gasteiger partial charge in [-0.2, -0.15) is 0 Å². The Morgan fingerprint density at radius 3 is 2.67 bits per heavy atom. The van der Waals surface area contributed by atoms with Crippen molar-refractivity contribution >= 4 is 0 Å². The summed E-state index contributed by atoms with van der Waals surface area (Å²) in [7, 11) is 0. The van der Waals surface area contributed by atoms with Gasteiger partial charge in [0.25, 0.3) is 0 Å². The third kappa shape index (κ3) is 3.34. The van der Waals surface area contributed by atoms with Gasteiger partial charge in [0.2, 0.25) is 0 Å². The van der Waals surface area contributed by atoms with Crippen LogP contribution in [0.15, 0.2) is 12.5 Å². The summed E-state index contributed by atoms with van der Waals surface area (Å²) in [4.78, 5) is 6.82. The van der Waals surface area contributed by atoms with Gasteiger partial charge < -0.3 is 9.47 Å². The van der Waals surface area contributed by atoms with Gasteiger partial charge in [-0.1, -0.05) is 6.42 Å². The van der Waals surface area contributed by atoms with Gasteiger partial charge >= 0.3 is 0 Å². The monoisotopic (exact) mass is 207 g/mol. The summed E-state index contributed by atoms with van der Waals surface area (Å²) in [6.45, 7) is 7.02. The molecule has 1 fully saturated rings. The lowest BCUT2D eigenvalue weighted by Gasteiger charge is -2.26. The highest BCUT2D eigenvalue weighted by molar-refractivity contribution is 4.91. The summed E-state index contributed by atoms with van der Waals surface area (Å²) >= 11 is 0. The molecule has 0 unspecified atom stereocenters. The number of hydrogen-bond donors (Lipinski definition) is 0. The third-order valence-electron chi connectivity index (χ3n) is 3.10. The second kappa shape index (κ2) is 5.31. The van der Waals surface area contributed by atoms with Crippen LogP contribution in [0.25, 0.3) is 0 Å². The second-order valence-corrected chi connectivity index (χ2v) is 4.51. The number of piperidine rings is 1. The van der Waals surface area contributed by atoms with Crippen molar-refractivity contribution in [1.82, 2.24) is 14.5 Å². The van der Waals surface area contributed by atoms with Crippen LogP contribution in [0, 0.1) is 6.92 Å². The summed E-state index contributed by atoms with van der Waals surface area (Å²) in [5, 5.41) is 0. The van der Waals surface area contributed by atoms with Gasteiger partial charge in [-0.25, -0.2) is 4.98 Å². The van der Waals surface area contributed by atoms with Gasteiger partial charge in [-0.3, -0.25) is 0 Å². The first-order valence-electron chi connectivity index (χ1n) is 6.05. The van der Waals surface area contributed by atoms with E-state index in [1.54, 1.807) is 0 Å². The smallest absolute Gasteiger partial charge is 0.0949 e. The molecule has 1 aromatic heterocycles. The average Bonchev–Trinajstić information content (AvgIpc) is 2.66. The van der Waals surface area contributed by atoms with Crippen molar-refractivity contribution in [3.8, 4) is 0 Å². The minimum absolute atomic E-state index is 1.11. The van der Waals surface area contributed by atoms with Gasteiger partial charge in [-0.15, -0.1) is 0 Å². The SMILES string of the molecule is Cc1cn(CCCN2CCCCC2)cn1. The van der Waals surface area contributed by atoms with E-state index in [0.717, 1.165) is 12.2 Å². The summed E-state index contributed by atoms with van der Waals surface area (Å²) in [6, 6.07) is 0. The molecule has 0 spiro atoms. The van der Waals surface area contributed by atoms with Gasteiger partial charge in [0, 0.05) is 12.7 Å². The van der Waals surface area contributed by atoms with Crippen molar-refractivity contribution in [1.29, 1.82) is 0 Å². The Bertz CT molecular complexity index is 287. The van der Waals surface area contributed by atoms with Crippen molar-refractivity contribution in [3.05, 3.63) is 18.2 Å². The molecule has 3 heteroatoms. The van der Waals surface area contributed by atoms with Crippen molar-refractivity contribution < 1.29 is 0 Å². The molecule has 84 valence electrons. The fraction of sp³-hybridized carbons (Fsp3) is 0.750. The molecular weight excluding hydrogens is 186 g/mol. The Kier molecular flexibility index (Phi) is 3.78. The summed E-state index contributed by atoms with van der Waals surface area (Å²) in [6.07, 6.45) is 9.52. The first-order valence-corrected chi connectivity index (χ1v) is 6.05. The first-order chi connectivity index (χ1) is 7.34. The molecule has 0 aliphatic carbocycles. The van der Waals surface area contributed by atoms with Crippen LogP contribution in [-0.2, 0) is 6.54 Å². The van der Waals surface area contributed by atoms with Gasteiger partial charge in [0.1, 0.15) is 0 Å². The zero-order valence-electron chi connectivity index (χ0n) is 9.65. The Balaban J connectivity index is 1.65. The maximum Gasteiger partial charge on any atom is 0.0949 e. The van der Waals surface area contributed by atoms with E-state index in [4.69, 9.17) is 0 Å². The van der Waals surface area contributed by atoms with Crippen LogP contribution in [0.3, 0.4) is 0 Å². The highest BCUT2D eigenvalue weighted by atomic mass is 15.1. The summed E-state index contributed by atoms with van der Waals surface area (Å²) in [5.74, 6) is 0. The maximum atomic E-state index is 4.23. The van der Waals surface area contributed by atoms with Crippen molar-refractivity contribution in [2.24, 2.45) is 0 Å². The lowest BCUT2D eigenvalue weighted by Crippen LogP contribution is -2.31. The Hall–Kier alpha value is -0.830. The van der Waals surface area contributed by atoms with Gasteiger partial charge in [0.05, 0.1) is 12.0 Å². The van der Waals surface area contributed by atoms with Crippen molar-refractivity contribution in [2.75, 3.05) is 19.6 Å². The molecule has 0 aromatic carbocycles. The maximum absolute atomic E-state index is 4.23. The van der Waals surface area contributed by atoms with E-state index in [1.165, 1.54) is 45.3 Å². The van der Waals surface area contributed by atoms with Crippen LogP contribution in [-0.4, -0.2) is 34.1 Å². The number of rotatable bonds is 4. The minimum atomic E-state index is 1.11. The molecule has 0 N–H and O–H groups in total. The quantitative estimate of drug-likeness (QED) is 0.753. The number of nitrogens with zero attached hydrogens (tertiary/aromatic N) is 3. The average molecular weight is 207 g/mol. The van der Waals surface area contributed by atoms with Gasteiger partial charge in [-0.05, 0) is 45.8 Å². The first kappa shape index (κ1) is 10.7. The molecule has 0 saturated carbocycles. The predicted molar refractivity (Wildman–Crippen MR) is 61.9 cm³/mol. The standard InChI is InChI=1S/C12H21N3/c1-12-10-15(11-13-12)9-5-8-14-6-3-2-4-7-14/h10-11H,2-9H2,1H3. The van der Waals surface area contributed by atoms with E-state index in [0.29, 0.717) is 0 Å². The lowest BCUT2D eigenvalue weighted by atomic mass is 10.1. The van der Waals surface area contributed by atoms with Crippen LogP contribution in [0.4, 0.5) is 0 Å². The molecule has 1 saturated heterocycles. The Labute approximate surface area is 92.1 Å². The number of imidazole rings is 1. The number of aromatic nitrogens is 2. The number of hydrogen-bond acceptors (Lipinski definition) is 2. The summed E-state index contributed by atoms with van der Waals surface area (Å²) in [5.41, 5.74) is 1.12. The van der Waals surface area contributed by atoms with E-state index in [1.807, 2.05) is 13.3 Å². The molecule has 15 heavy (non-hydrogen) atoms. The van der Waals surface area contributed by atoms with Crippen LogP contribution in [0.2, 0.25) is 0 Å². The van der Waals surface area contributed by atoms with Crippen LogP contribution >= 0.6 is 0 Å². The largest absolute Gasteiger partial charge is 0.337 e. The summed E-state index contributed by atoms with van der Waals surface area (Å²) < 4.78 is 2.19. The lowest BCUT2D eigenvalue weighted by molar-refractivity contribution is 0.223. The molecule has 0 radical (unpaired) electrons. The van der Waals surface area contributed by atoms with Crippen molar-refractivity contribution in [3.63, 3.8) is 0 Å². The van der Waals surface area contributed by atoms with E-state index >= 15 is 0 Å². The Morgan fingerprint density at radius 1 is 1.20 bits per heavy atom. The molecule has 1 aliphatic rings. The normalized spacial score (nSPS) is 18.2. The topological polar surface area (TPSA) is 21.1 Å². The van der Waals surface area contributed by atoms with Crippen molar-refractivity contribution in [2.45, 2.75) is 39.2 Å². The molecule has 0 atom stereocenters. The zero-order chi connectivity index (χ0) is 10.5. The zero-order valence-corrected chi connectivity index (χ0v) is 9.65. The molecule has 0 bridgehead atoms. The van der Waals surface area contributed by atoms with E-state index in [9.17, 15) is 0 Å².